The Hall–Kier alpha value is -3.24. The number of hydrogen-bond donors (Lipinski definition) is 2. The van der Waals surface area contributed by atoms with E-state index in [0.29, 0.717) is 16.8 Å². The minimum Gasteiger partial charge on any atom is -0.452 e. The summed E-state index contributed by atoms with van der Waals surface area (Å²) >= 11 is 0. The van der Waals surface area contributed by atoms with Crippen molar-refractivity contribution in [3.05, 3.63) is 59.2 Å². The topological polar surface area (TPSA) is 122 Å². The van der Waals surface area contributed by atoms with Crippen LogP contribution in [0.1, 0.15) is 39.1 Å². The first kappa shape index (κ1) is 23.4. The zero-order valence-corrected chi connectivity index (χ0v) is 18.9. The Kier molecular flexibility index (Phi) is 6.95. The van der Waals surface area contributed by atoms with Gasteiger partial charge in [-0.3, -0.25) is 9.59 Å². The highest BCUT2D eigenvalue weighted by Gasteiger charge is 2.25. The van der Waals surface area contributed by atoms with Crippen molar-refractivity contribution in [2.75, 3.05) is 26.0 Å². The second-order valence-electron chi connectivity index (χ2n) is 7.68. The number of carbonyl (C=O) groups is 3. The molecule has 10 heteroatoms. The molecule has 0 aliphatic heterocycles. The monoisotopic (exact) mass is 459 g/mol. The van der Waals surface area contributed by atoms with Gasteiger partial charge in [0.2, 0.25) is 10.0 Å². The summed E-state index contributed by atoms with van der Waals surface area (Å²) in [5.74, 6) is -1.73. The van der Waals surface area contributed by atoms with Gasteiger partial charge in [0.05, 0.1) is 21.7 Å². The molecule has 2 amide bonds. The van der Waals surface area contributed by atoms with Gasteiger partial charge >= 0.3 is 5.97 Å². The highest BCUT2D eigenvalue weighted by atomic mass is 32.2. The maximum Gasteiger partial charge on any atom is 0.338 e. The van der Waals surface area contributed by atoms with Crippen molar-refractivity contribution in [3.8, 4) is 0 Å². The molecule has 1 aliphatic rings. The van der Waals surface area contributed by atoms with E-state index in [2.05, 4.69) is 10.6 Å². The van der Waals surface area contributed by atoms with Crippen LogP contribution in [-0.4, -0.2) is 57.3 Å². The van der Waals surface area contributed by atoms with Gasteiger partial charge < -0.3 is 15.4 Å². The number of sulfonamides is 1. The van der Waals surface area contributed by atoms with Gasteiger partial charge in [-0.1, -0.05) is 18.2 Å². The van der Waals surface area contributed by atoms with Crippen molar-refractivity contribution in [1.29, 1.82) is 0 Å². The molecule has 32 heavy (non-hydrogen) atoms. The summed E-state index contributed by atoms with van der Waals surface area (Å²) in [6.07, 6.45) is 1.87. The minimum atomic E-state index is -3.73. The Morgan fingerprint density at radius 1 is 1.06 bits per heavy atom. The first-order valence-corrected chi connectivity index (χ1v) is 11.4. The van der Waals surface area contributed by atoms with Gasteiger partial charge in [-0.2, -0.15) is 0 Å². The smallest absolute Gasteiger partial charge is 0.338 e. The van der Waals surface area contributed by atoms with Gasteiger partial charge in [0, 0.05) is 20.1 Å². The fourth-order valence-electron chi connectivity index (χ4n) is 2.87. The van der Waals surface area contributed by atoms with Gasteiger partial charge in [0.15, 0.2) is 6.61 Å². The lowest BCUT2D eigenvalue weighted by molar-refractivity contribution is -0.119. The van der Waals surface area contributed by atoms with E-state index in [9.17, 15) is 22.8 Å². The van der Waals surface area contributed by atoms with Crippen molar-refractivity contribution in [1.82, 2.24) is 9.62 Å². The number of aryl methyl sites for hydroxylation is 1. The number of amides is 2. The molecule has 170 valence electrons. The molecule has 1 saturated carbocycles. The predicted molar refractivity (Wildman–Crippen MR) is 118 cm³/mol. The molecule has 1 aliphatic carbocycles. The first-order valence-electron chi connectivity index (χ1n) is 9.99. The van der Waals surface area contributed by atoms with Gasteiger partial charge in [0.25, 0.3) is 11.8 Å². The van der Waals surface area contributed by atoms with Crippen LogP contribution >= 0.6 is 0 Å². The number of nitrogens with one attached hydrogen (secondary N) is 2. The lowest BCUT2D eigenvalue weighted by Gasteiger charge is -2.14. The van der Waals surface area contributed by atoms with Crippen LogP contribution in [0.25, 0.3) is 0 Å². The summed E-state index contributed by atoms with van der Waals surface area (Å²) in [4.78, 5) is 37.1. The highest BCUT2D eigenvalue weighted by Crippen LogP contribution is 2.22. The lowest BCUT2D eigenvalue weighted by atomic mass is 10.1. The number of anilines is 1. The fourth-order valence-corrected chi connectivity index (χ4v) is 3.80. The highest BCUT2D eigenvalue weighted by molar-refractivity contribution is 7.89. The average Bonchev–Trinajstić information content (AvgIpc) is 3.56. The number of esters is 1. The summed E-state index contributed by atoms with van der Waals surface area (Å²) in [6, 6.07) is 10.8. The van der Waals surface area contributed by atoms with Gasteiger partial charge in [-0.05, 0) is 49.6 Å². The normalized spacial score (nSPS) is 13.5. The second-order valence-corrected chi connectivity index (χ2v) is 9.83. The molecule has 2 N–H and O–H groups in total. The summed E-state index contributed by atoms with van der Waals surface area (Å²) < 4.78 is 30.8. The second kappa shape index (κ2) is 9.49. The number of para-hydroxylation sites is 1. The van der Waals surface area contributed by atoms with Crippen molar-refractivity contribution >= 4 is 33.5 Å². The van der Waals surface area contributed by atoms with E-state index in [0.717, 1.165) is 17.1 Å². The minimum absolute atomic E-state index is 0.0462. The fraction of sp³-hybridized carbons (Fsp3) is 0.318. The third-order valence-corrected chi connectivity index (χ3v) is 6.71. The average molecular weight is 460 g/mol. The molecule has 0 heterocycles. The molecule has 2 aromatic rings. The number of ether oxygens (including phenoxy) is 1. The zero-order chi connectivity index (χ0) is 23.5. The predicted octanol–water partition coefficient (Wildman–Crippen LogP) is 1.93. The quantitative estimate of drug-likeness (QED) is 0.582. The third kappa shape index (κ3) is 5.51. The van der Waals surface area contributed by atoms with E-state index >= 15 is 0 Å². The molecule has 9 nitrogen and oxygen atoms in total. The van der Waals surface area contributed by atoms with Crippen LogP contribution in [0.3, 0.4) is 0 Å². The number of hydrogen-bond acceptors (Lipinski definition) is 6. The van der Waals surface area contributed by atoms with Crippen molar-refractivity contribution in [3.63, 3.8) is 0 Å². The van der Waals surface area contributed by atoms with E-state index in [1.165, 1.54) is 32.3 Å². The summed E-state index contributed by atoms with van der Waals surface area (Å²) in [5, 5.41) is 5.44. The Morgan fingerprint density at radius 2 is 1.75 bits per heavy atom. The SMILES string of the molecule is Cc1ccc(S(=O)(=O)N(C)C)cc1C(=O)OCC(=O)Nc1ccccc1C(=O)NC1CC1. The maximum atomic E-state index is 12.5. The molecule has 0 aromatic heterocycles. The Labute approximate surface area is 186 Å². The van der Waals surface area contributed by atoms with Gasteiger partial charge in [0.1, 0.15) is 0 Å². The number of benzene rings is 2. The summed E-state index contributed by atoms with van der Waals surface area (Å²) in [7, 11) is -0.952. The Balaban J connectivity index is 1.66. The molecule has 0 atom stereocenters. The van der Waals surface area contributed by atoms with E-state index in [-0.39, 0.29) is 22.4 Å². The summed E-state index contributed by atoms with van der Waals surface area (Å²) in [6.45, 7) is 1.04. The van der Waals surface area contributed by atoms with E-state index < -0.39 is 28.5 Å². The van der Waals surface area contributed by atoms with Gasteiger partial charge in [-0.15, -0.1) is 0 Å². The van der Waals surface area contributed by atoms with Crippen LogP contribution < -0.4 is 10.6 Å². The van der Waals surface area contributed by atoms with E-state index in [1.807, 2.05) is 0 Å². The van der Waals surface area contributed by atoms with Crippen LogP contribution in [-0.2, 0) is 19.6 Å². The maximum absolute atomic E-state index is 12.5. The molecule has 0 unspecified atom stereocenters. The van der Waals surface area contributed by atoms with E-state index in [4.69, 9.17) is 4.74 Å². The molecule has 0 bridgehead atoms. The van der Waals surface area contributed by atoms with Crippen LogP contribution in [0.5, 0.6) is 0 Å². The molecular weight excluding hydrogens is 434 g/mol. The number of nitrogens with zero attached hydrogens (tertiary/aromatic N) is 1. The van der Waals surface area contributed by atoms with Gasteiger partial charge in [-0.25, -0.2) is 17.5 Å². The van der Waals surface area contributed by atoms with Crippen molar-refractivity contribution in [2.45, 2.75) is 30.7 Å². The van der Waals surface area contributed by atoms with Crippen molar-refractivity contribution < 1.29 is 27.5 Å². The molecular formula is C22H25N3O6S. The van der Waals surface area contributed by atoms with Crippen molar-refractivity contribution in [2.24, 2.45) is 0 Å². The first-order chi connectivity index (χ1) is 15.1. The van der Waals surface area contributed by atoms with Crippen LogP contribution in [0.15, 0.2) is 47.4 Å². The molecule has 2 aromatic carbocycles. The number of carbonyl (C=O) groups excluding carboxylic acids is 3. The third-order valence-electron chi connectivity index (χ3n) is 4.90. The number of rotatable bonds is 8. The van der Waals surface area contributed by atoms with Crippen LogP contribution in [0.4, 0.5) is 5.69 Å². The molecule has 3 rings (SSSR count). The zero-order valence-electron chi connectivity index (χ0n) is 18.0. The van der Waals surface area contributed by atoms with E-state index in [1.54, 1.807) is 31.2 Å². The Bertz CT molecular complexity index is 1160. The standard InChI is InChI=1S/C22H25N3O6S/c1-14-8-11-16(32(29,30)25(2)3)12-18(14)22(28)31-13-20(26)24-19-7-5-4-6-17(19)21(27)23-15-9-10-15/h4-8,11-12,15H,9-10,13H2,1-3H3,(H,23,27)(H,24,26). The largest absolute Gasteiger partial charge is 0.452 e. The Morgan fingerprint density at radius 3 is 2.41 bits per heavy atom. The molecule has 0 saturated heterocycles. The molecule has 0 spiro atoms. The lowest BCUT2D eigenvalue weighted by Crippen LogP contribution is -2.28. The summed E-state index contributed by atoms with van der Waals surface area (Å²) in [5.41, 5.74) is 1.18. The van der Waals surface area contributed by atoms with Crippen LogP contribution in [0.2, 0.25) is 0 Å². The molecule has 1 fully saturated rings. The van der Waals surface area contributed by atoms with Crippen LogP contribution in [0, 0.1) is 6.92 Å². The molecule has 0 radical (unpaired) electrons.